The lowest BCUT2D eigenvalue weighted by Crippen LogP contribution is -2.32. The van der Waals surface area contributed by atoms with Crippen molar-refractivity contribution in [2.75, 3.05) is 10.2 Å². The molecule has 142 valence electrons. The third kappa shape index (κ3) is 2.65. The molecule has 2 aliphatic carbocycles. The first-order chi connectivity index (χ1) is 13.5. The number of benzene rings is 2. The Labute approximate surface area is 167 Å². The fourth-order valence-corrected chi connectivity index (χ4v) is 5.38. The molecule has 6 heteroatoms. The van der Waals surface area contributed by atoms with Crippen molar-refractivity contribution in [3.63, 3.8) is 0 Å². The number of imide groups is 1. The summed E-state index contributed by atoms with van der Waals surface area (Å²) in [4.78, 5) is 39.6. The van der Waals surface area contributed by atoms with Crippen molar-refractivity contribution < 1.29 is 14.4 Å². The number of fused-ring (bicyclic) bond motifs is 5. The van der Waals surface area contributed by atoms with E-state index in [0.717, 1.165) is 19.3 Å². The number of halogens is 1. The van der Waals surface area contributed by atoms with Crippen molar-refractivity contribution in [1.82, 2.24) is 0 Å². The van der Waals surface area contributed by atoms with Gasteiger partial charge in [0, 0.05) is 16.3 Å². The molecule has 2 aromatic carbocycles. The molecule has 5 nitrogen and oxygen atoms in total. The van der Waals surface area contributed by atoms with Gasteiger partial charge in [-0.1, -0.05) is 17.7 Å². The summed E-state index contributed by atoms with van der Waals surface area (Å²) < 4.78 is 0. The quantitative estimate of drug-likeness (QED) is 0.796. The lowest BCUT2D eigenvalue weighted by atomic mass is 9.81. The van der Waals surface area contributed by atoms with E-state index in [0.29, 0.717) is 33.8 Å². The summed E-state index contributed by atoms with van der Waals surface area (Å²) in [6.45, 7) is 0. The molecule has 3 aliphatic rings. The molecule has 1 heterocycles. The summed E-state index contributed by atoms with van der Waals surface area (Å²) in [6.07, 6.45) is 3.13. The van der Waals surface area contributed by atoms with Crippen molar-refractivity contribution >= 4 is 40.7 Å². The predicted octanol–water partition coefficient (Wildman–Crippen LogP) is 4.13. The number of amides is 3. The minimum absolute atomic E-state index is 0.0710. The Bertz CT molecular complexity index is 960. The predicted molar refractivity (Wildman–Crippen MR) is 106 cm³/mol. The molecule has 2 bridgehead atoms. The molecule has 0 aromatic heterocycles. The second-order valence-corrected chi connectivity index (χ2v) is 8.34. The third-order valence-electron chi connectivity index (χ3n) is 6.40. The Morgan fingerprint density at radius 1 is 0.964 bits per heavy atom. The number of nitrogens with one attached hydrogen (secondary N) is 1. The van der Waals surface area contributed by atoms with Gasteiger partial charge in [0.2, 0.25) is 11.8 Å². The monoisotopic (exact) mass is 394 g/mol. The number of hydrogen-bond donors (Lipinski definition) is 1. The number of hydrogen-bond acceptors (Lipinski definition) is 3. The van der Waals surface area contributed by atoms with Crippen LogP contribution in [0.3, 0.4) is 0 Å². The fourth-order valence-electron chi connectivity index (χ4n) is 5.19. The molecule has 1 aliphatic heterocycles. The zero-order chi connectivity index (χ0) is 19.4. The van der Waals surface area contributed by atoms with Gasteiger partial charge < -0.3 is 5.32 Å². The molecule has 5 rings (SSSR count). The molecular weight excluding hydrogens is 376 g/mol. The average Bonchev–Trinajstić information content (AvgIpc) is 3.36. The van der Waals surface area contributed by atoms with E-state index in [1.54, 1.807) is 48.5 Å². The van der Waals surface area contributed by atoms with Crippen LogP contribution in [0.5, 0.6) is 0 Å². The Morgan fingerprint density at radius 3 is 2.21 bits per heavy atom. The van der Waals surface area contributed by atoms with E-state index < -0.39 is 0 Å². The van der Waals surface area contributed by atoms with Crippen LogP contribution in [0.4, 0.5) is 11.4 Å². The van der Waals surface area contributed by atoms with Gasteiger partial charge in [0.15, 0.2) is 0 Å². The van der Waals surface area contributed by atoms with Crippen molar-refractivity contribution in [3.05, 3.63) is 59.1 Å². The van der Waals surface area contributed by atoms with Crippen LogP contribution in [0, 0.1) is 23.7 Å². The number of carbonyl (C=O) groups is 3. The number of rotatable bonds is 3. The first-order valence-electron chi connectivity index (χ1n) is 9.58. The molecule has 0 unspecified atom stereocenters. The minimum Gasteiger partial charge on any atom is -0.322 e. The highest BCUT2D eigenvalue weighted by Gasteiger charge is 2.61. The van der Waals surface area contributed by atoms with Crippen LogP contribution in [-0.4, -0.2) is 17.7 Å². The summed E-state index contributed by atoms with van der Waals surface area (Å²) in [5.74, 6) is 0.0203. The normalized spacial score (nSPS) is 28.0. The Morgan fingerprint density at radius 2 is 1.61 bits per heavy atom. The van der Waals surface area contributed by atoms with E-state index >= 15 is 0 Å². The van der Waals surface area contributed by atoms with E-state index in [-0.39, 0.29) is 29.6 Å². The lowest BCUT2D eigenvalue weighted by Gasteiger charge is -2.19. The molecule has 3 fully saturated rings. The molecule has 3 amide bonds. The second-order valence-electron chi connectivity index (χ2n) is 7.91. The third-order valence-corrected chi connectivity index (χ3v) is 6.63. The van der Waals surface area contributed by atoms with E-state index in [2.05, 4.69) is 5.32 Å². The van der Waals surface area contributed by atoms with Crippen molar-refractivity contribution in [2.45, 2.75) is 19.3 Å². The molecule has 1 saturated heterocycles. The van der Waals surface area contributed by atoms with Gasteiger partial charge in [-0.15, -0.1) is 0 Å². The van der Waals surface area contributed by atoms with Crippen LogP contribution in [0.2, 0.25) is 5.02 Å². The van der Waals surface area contributed by atoms with E-state index in [1.807, 2.05) is 0 Å². The van der Waals surface area contributed by atoms with Crippen LogP contribution in [0.1, 0.15) is 29.6 Å². The fraction of sp³-hybridized carbons (Fsp3) is 0.318. The van der Waals surface area contributed by atoms with Gasteiger partial charge in [-0.25, -0.2) is 0 Å². The maximum atomic E-state index is 12.9. The highest BCUT2D eigenvalue weighted by atomic mass is 35.5. The second kappa shape index (κ2) is 6.45. The van der Waals surface area contributed by atoms with Gasteiger partial charge in [0.1, 0.15) is 0 Å². The maximum absolute atomic E-state index is 12.9. The Balaban J connectivity index is 1.35. The van der Waals surface area contributed by atoms with Crippen LogP contribution in [0.25, 0.3) is 0 Å². The molecule has 0 spiro atoms. The van der Waals surface area contributed by atoms with Gasteiger partial charge in [-0.05, 0) is 73.6 Å². The van der Waals surface area contributed by atoms with E-state index in [4.69, 9.17) is 11.6 Å². The summed E-state index contributed by atoms with van der Waals surface area (Å²) in [5.41, 5.74) is 1.60. The van der Waals surface area contributed by atoms with Crippen LogP contribution in [0.15, 0.2) is 48.5 Å². The average molecular weight is 395 g/mol. The molecule has 4 atom stereocenters. The van der Waals surface area contributed by atoms with Gasteiger partial charge in [0.25, 0.3) is 5.91 Å². The topological polar surface area (TPSA) is 66.5 Å². The zero-order valence-corrected chi connectivity index (χ0v) is 15.9. The highest BCUT2D eigenvalue weighted by molar-refractivity contribution is 6.31. The van der Waals surface area contributed by atoms with Gasteiger partial charge in [0.05, 0.1) is 17.5 Å². The number of carbonyl (C=O) groups excluding carboxylic acids is 3. The Kier molecular flexibility index (Phi) is 4.02. The largest absolute Gasteiger partial charge is 0.322 e. The number of anilines is 2. The van der Waals surface area contributed by atoms with E-state index in [1.165, 1.54) is 4.90 Å². The summed E-state index contributed by atoms with van der Waals surface area (Å²) in [6, 6.07) is 13.5. The first kappa shape index (κ1) is 17.4. The number of nitrogens with zero attached hydrogens (tertiary/aromatic N) is 1. The van der Waals surface area contributed by atoms with Crippen LogP contribution in [-0.2, 0) is 9.59 Å². The zero-order valence-electron chi connectivity index (χ0n) is 15.1. The van der Waals surface area contributed by atoms with Gasteiger partial charge >= 0.3 is 0 Å². The molecule has 0 radical (unpaired) electrons. The summed E-state index contributed by atoms with van der Waals surface area (Å²) in [5, 5.41) is 3.33. The van der Waals surface area contributed by atoms with Crippen molar-refractivity contribution in [2.24, 2.45) is 23.7 Å². The van der Waals surface area contributed by atoms with Gasteiger partial charge in [-0.3, -0.25) is 19.3 Å². The molecular formula is C22H19ClN2O3. The SMILES string of the molecule is O=C(Nc1cccc(Cl)c1)c1ccc(N2C(=O)[C@@H]3[C@@H]4CC[C@@H](C4)[C@@H]3C2=O)cc1. The first-order valence-corrected chi connectivity index (χ1v) is 9.95. The standard InChI is InChI=1S/C22H19ClN2O3/c23-15-2-1-3-16(11-15)24-20(26)12-6-8-17(9-7-12)25-21(27)18-13-4-5-14(10-13)19(18)22(25)28/h1-3,6-9,11,13-14,18-19H,4-5,10H2,(H,24,26)/t13-,14+,18-,19+. The molecule has 28 heavy (non-hydrogen) atoms. The highest BCUT2D eigenvalue weighted by Crippen LogP contribution is 2.56. The van der Waals surface area contributed by atoms with Crippen molar-refractivity contribution in [1.29, 1.82) is 0 Å². The summed E-state index contributed by atoms with van der Waals surface area (Å²) in [7, 11) is 0. The smallest absolute Gasteiger partial charge is 0.255 e. The van der Waals surface area contributed by atoms with Gasteiger partial charge in [-0.2, -0.15) is 0 Å². The van der Waals surface area contributed by atoms with Crippen LogP contribution < -0.4 is 10.2 Å². The molecule has 2 saturated carbocycles. The van der Waals surface area contributed by atoms with Crippen LogP contribution >= 0.6 is 11.6 Å². The summed E-state index contributed by atoms with van der Waals surface area (Å²) >= 11 is 5.94. The maximum Gasteiger partial charge on any atom is 0.255 e. The van der Waals surface area contributed by atoms with E-state index in [9.17, 15) is 14.4 Å². The molecule has 2 aromatic rings. The lowest BCUT2D eigenvalue weighted by molar-refractivity contribution is -0.123. The Hall–Kier alpha value is -2.66. The minimum atomic E-state index is -0.275. The molecule has 1 N–H and O–H groups in total. The van der Waals surface area contributed by atoms with Crippen molar-refractivity contribution in [3.8, 4) is 0 Å².